The topological polar surface area (TPSA) is 63.9 Å². The van der Waals surface area contributed by atoms with E-state index < -0.39 is 17.4 Å². The number of hydrogen-bond acceptors (Lipinski definition) is 5. The van der Waals surface area contributed by atoms with Gasteiger partial charge < -0.3 is 4.90 Å². The predicted molar refractivity (Wildman–Crippen MR) is 98.0 cm³/mol. The third-order valence-corrected chi connectivity index (χ3v) is 5.06. The maximum Gasteiger partial charge on any atom is 0.433 e. The summed E-state index contributed by atoms with van der Waals surface area (Å²) in [5.41, 5.74) is -0.942. The van der Waals surface area contributed by atoms with Crippen LogP contribution in [0.3, 0.4) is 0 Å². The second kappa shape index (κ2) is 7.21. The monoisotopic (exact) mass is 389 g/mol. The lowest BCUT2D eigenvalue weighted by Crippen LogP contribution is -2.37. The number of piperidine rings is 1. The molecule has 0 spiro atoms. The summed E-state index contributed by atoms with van der Waals surface area (Å²) in [5, 5.41) is 0.992. The number of halogens is 3. The molecule has 3 aromatic rings. The molecule has 6 nitrogen and oxygen atoms in total. The van der Waals surface area contributed by atoms with Crippen molar-refractivity contribution in [2.75, 3.05) is 18.0 Å². The number of nitrogens with zero attached hydrogens (tertiary/aromatic N) is 5. The van der Waals surface area contributed by atoms with Crippen LogP contribution in [0.25, 0.3) is 10.9 Å². The maximum absolute atomic E-state index is 12.6. The molecular formula is C19H18F3N5O. The van der Waals surface area contributed by atoms with Crippen molar-refractivity contribution in [3.63, 3.8) is 0 Å². The highest BCUT2D eigenvalue weighted by atomic mass is 19.4. The number of hydrogen-bond donors (Lipinski definition) is 0. The van der Waals surface area contributed by atoms with Crippen LogP contribution in [0.4, 0.5) is 19.0 Å². The summed E-state index contributed by atoms with van der Waals surface area (Å²) in [6, 6.07) is 8.37. The molecule has 4 rings (SSSR count). The number of benzene rings is 1. The van der Waals surface area contributed by atoms with Crippen molar-refractivity contribution in [1.29, 1.82) is 0 Å². The molecule has 3 heterocycles. The van der Waals surface area contributed by atoms with Crippen LogP contribution in [0.5, 0.6) is 0 Å². The van der Waals surface area contributed by atoms with Gasteiger partial charge in [-0.2, -0.15) is 13.2 Å². The molecule has 1 fully saturated rings. The molecule has 0 amide bonds. The van der Waals surface area contributed by atoms with E-state index in [4.69, 9.17) is 0 Å². The van der Waals surface area contributed by atoms with E-state index in [1.54, 1.807) is 6.33 Å². The fraction of sp³-hybridized carbons (Fsp3) is 0.368. The first-order valence-corrected chi connectivity index (χ1v) is 9.00. The summed E-state index contributed by atoms with van der Waals surface area (Å²) in [4.78, 5) is 26.3. The van der Waals surface area contributed by atoms with E-state index in [1.165, 1.54) is 4.57 Å². The largest absolute Gasteiger partial charge is 0.433 e. The van der Waals surface area contributed by atoms with Crippen LogP contribution < -0.4 is 10.5 Å². The van der Waals surface area contributed by atoms with Crippen molar-refractivity contribution in [2.45, 2.75) is 25.6 Å². The number of para-hydroxylation sites is 1. The van der Waals surface area contributed by atoms with Crippen molar-refractivity contribution in [3.8, 4) is 0 Å². The Labute approximate surface area is 158 Å². The van der Waals surface area contributed by atoms with Gasteiger partial charge in [-0.25, -0.2) is 15.0 Å². The second-order valence-corrected chi connectivity index (χ2v) is 6.91. The lowest BCUT2D eigenvalue weighted by Gasteiger charge is -2.33. The second-order valence-electron chi connectivity index (χ2n) is 6.91. The lowest BCUT2D eigenvalue weighted by atomic mass is 9.96. The smallest absolute Gasteiger partial charge is 0.356 e. The molecule has 146 valence electrons. The molecule has 9 heteroatoms. The van der Waals surface area contributed by atoms with Crippen molar-refractivity contribution in [1.82, 2.24) is 19.5 Å². The molecule has 0 unspecified atom stereocenters. The van der Waals surface area contributed by atoms with Crippen molar-refractivity contribution < 1.29 is 13.2 Å². The van der Waals surface area contributed by atoms with Crippen LogP contribution in [-0.2, 0) is 12.7 Å². The molecule has 1 aliphatic rings. The Kier molecular flexibility index (Phi) is 4.74. The van der Waals surface area contributed by atoms with E-state index in [-0.39, 0.29) is 5.92 Å². The Hall–Kier alpha value is -2.97. The summed E-state index contributed by atoms with van der Waals surface area (Å²) in [6.45, 7) is 1.88. The van der Waals surface area contributed by atoms with Gasteiger partial charge in [0.05, 0.1) is 11.8 Å². The van der Waals surface area contributed by atoms with Gasteiger partial charge in [0.15, 0.2) is 5.69 Å². The molecule has 28 heavy (non-hydrogen) atoms. The van der Waals surface area contributed by atoms with Crippen molar-refractivity contribution in [3.05, 3.63) is 59.0 Å². The maximum atomic E-state index is 12.6. The SMILES string of the molecule is O=c1cc(C(F)(F)F)ncn1CC1CCN(c2ncnc3ccccc23)CC1. The standard InChI is InChI=1S/C19H18F3N5O/c20-19(21,22)16-9-17(28)27(12-25-16)10-13-5-7-26(8-6-13)18-14-3-1-2-4-15(14)23-11-24-18/h1-4,9,11-13H,5-8,10H2. The molecule has 1 saturated heterocycles. The fourth-order valence-corrected chi connectivity index (χ4v) is 3.57. The zero-order valence-electron chi connectivity index (χ0n) is 14.9. The van der Waals surface area contributed by atoms with E-state index in [1.807, 2.05) is 24.3 Å². The predicted octanol–water partition coefficient (Wildman–Crippen LogP) is 3.12. The quantitative estimate of drug-likeness (QED) is 0.689. The average molecular weight is 389 g/mol. The molecule has 0 atom stereocenters. The van der Waals surface area contributed by atoms with Gasteiger partial charge >= 0.3 is 6.18 Å². The highest BCUT2D eigenvalue weighted by Gasteiger charge is 2.33. The Morgan fingerprint density at radius 3 is 2.54 bits per heavy atom. The van der Waals surface area contributed by atoms with Crippen molar-refractivity contribution >= 4 is 16.7 Å². The highest BCUT2D eigenvalue weighted by Crippen LogP contribution is 2.28. The number of rotatable bonds is 3. The van der Waals surface area contributed by atoms with E-state index >= 15 is 0 Å². The zero-order chi connectivity index (χ0) is 19.7. The van der Waals surface area contributed by atoms with Crippen molar-refractivity contribution in [2.24, 2.45) is 5.92 Å². The third kappa shape index (κ3) is 3.69. The molecular weight excluding hydrogens is 371 g/mol. The van der Waals surface area contributed by atoms with Crippen LogP contribution in [0.2, 0.25) is 0 Å². The number of alkyl halides is 3. The lowest BCUT2D eigenvalue weighted by molar-refractivity contribution is -0.141. The van der Waals surface area contributed by atoms with Crippen LogP contribution in [0.15, 0.2) is 47.8 Å². The summed E-state index contributed by atoms with van der Waals surface area (Å²) in [7, 11) is 0. The average Bonchev–Trinajstić information content (AvgIpc) is 2.69. The minimum Gasteiger partial charge on any atom is -0.356 e. The van der Waals surface area contributed by atoms with Gasteiger partial charge in [-0.3, -0.25) is 9.36 Å². The Morgan fingerprint density at radius 2 is 1.82 bits per heavy atom. The summed E-state index contributed by atoms with van der Waals surface area (Å²) in [5.74, 6) is 1.08. The molecule has 0 aliphatic carbocycles. The third-order valence-electron chi connectivity index (χ3n) is 5.06. The van der Waals surface area contributed by atoms with Crippen LogP contribution in [-0.4, -0.2) is 32.6 Å². The molecule has 1 aliphatic heterocycles. The van der Waals surface area contributed by atoms with Gasteiger partial charge in [-0.05, 0) is 30.9 Å². The Bertz CT molecular complexity index is 1040. The van der Waals surface area contributed by atoms with E-state index in [0.717, 1.165) is 49.0 Å². The normalized spacial score (nSPS) is 15.9. The molecule has 0 radical (unpaired) electrons. The van der Waals surface area contributed by atoms with Gasteiger partial charge in [0.1, 0.15) is 12.1 Å². The molecule has 0 N–H and O–H groups in total. The zero-order valence-corrected chi connectivity index (χ0v) is 14.9. The Balaban J connectivity index is 1.44. The molecule has 0 saturated carbocycles. The number of anilines is 1. The highest BCUT2D eigenvalue weighted by molar-refractivity contribution is 5.89. The van der Waals surface area contributed by atoms with Gasteiger partial charge in [0.25, 0.3) is 5.56 Å². The molecule has 1 aromatic carbocycles. The van der Waals surface area contributed by atoms with E-state index in [9.17, 15) is 18.0 Å². The minimum absolute atomic E-state index is 0.195. The van der Waals surface area contributed by atoms with Gasteiger partial charge in [0, 0.05) is 31.1 Å². The van der Waals surface area contributed by atoms with Gasteiger partial charge in [0.2, 0.25) is 0 Å². The minimum atomic E-state index is -4.61. The summed E-state index contributed by atoms with van der Waals surface area (Å²) < 4.78 is 39.2. The van der Waals surface area contributed by atoms with Crippen LogP contribution in [0.1, 0.15) is 18.5 Å². The summed E-state index contributed by atoms with van der Waals surface area (Å²) >= 11 is 0. The number of aromatic nitrogens is 4. The number of fused-ring (bicyclic) bond motifs is 1. The first-order valence-electron chi connectivity index (χ1n) is 9.00. The molecule has 0 bridgehead atoms. The summed E-state index contributed by atoms with van der Waals surface area (Å²) in [6.07, 6.45) is -0.436. The fourth-order valence-electron chi connectivity index (χ4n) is 3.57. The van der Waals surface area contributed by atoms with E-state index in [0.29, 0.717) is 12.6 Å². The van der Waals surface area contributed by atoms with Gasteiger partial charge in [-0.1, -0.05) is 12.1 Å². The first-order chi connectivity index (χ1) is 13.4. The Morgan fingerprint density at radius 1 is 1.07 bits per heavy atom. The first kappa shape index (κ1) is 18.4. The van der Waals surface area contributed by atoms with Crippen LogP contribution in [0, 0.1) is 5.92 Å². The molecule has 2 aromatic heterocycles. The van der Waals surface area contributed by atoms with Gasteiger partial charge in [-0.15, -0.1) is 0 Å². The van der Waals surface area contributed by atoms with Crippen LogP contribution >= 0.6 is 0 Å². The van der Waals surface area contributed by atoms with E-state index in [2.05, 4.69) is 19.9 Å².